The number of aliphatic hydroxyl groups excluding tert-OH is 1. The van der Waals surface area contributed by atoms with Gasteiger partial charge in [-0.1, -0.05) is 73.6 Å². The van der Waals surface area contributed by atoms with Gasteiger partial charge in [0.25, 0.3) is 0 Å². The molecular weight excluding hydrogens is 516 g/mol. The Balaban J connectivity index is 1.28. The number of hydrogen-bond acceptors (Lipinski definition) is 7. The highest BCUT2D eigenvalue weighted by molar-refractivity contribution is 7.99. The lowest BCUT2D eigenvalue weighted by Crippen LogP contribution is -2.18. The molecule has 2 heterocycles. The van der Waals surface area contributed by atoms with E-state index in [0.29, 0.717) is 24.0 Å². The summed E-state index contributed by atoms with van der Waals surface area (Å²) in [5.41, 5.74) is 2.27. The predicted octanol–water partition coefficient (Wildman–Crippen LogP) is 6.88. The molecule has 2 atom stereocenters. The van der Waals surface area contributed by atoms with Gasteiger partial charge in [-0.25, -0.2) is 4.79 Å². The van der Waals surface area contributed by atoms with Gasteiger partial charge in [0, 0.05) is 32.6 Å². The van der Waals surface area contributed by atoms with Crippen molar-refractivity contribution in [3.05, 3.63) is 86.8 Å². The Morgan fingerprint density at radius 2 is 2.03 bits per heavy atom. The van der Waals surface area contributed by atoms with E-state index in [1.54, 1.807) is 17.8 Å². The van der Waals surface area contributed by atoms with Crippen LogP contribution in [-0.2, 0) is 21.5 Å². The van der Waals surface area contributed by atoms with Gasteiger partial charge in [-0.15, -0.1) is 11.3 Å². The summed E-state index contributed by atoms with van der Waals surface area (Å²) in [5, 5.41) is 10.6. The van der Waals surface area contributed by atoms with Crippen LogP contribution in [0.1, 0.15) is 45.9 Å². The zero-order valence-electron chi connectivity index (χ0n) is 20.4. The van der Waals surface area contributed by atoms with E-state index >= 15 is 0 Å². The zero-order chi connectivity index (χ0) is 25.5. The quantitative estimate of drug-likeness (QED) is 0.197. The fourth-order valence-electron chi connectivity index (χ4n) is 4.20. The number of ether oxygens (including phenoxy) is 2. The molecule has 0 radical (unpaired) electrons. The average molecular weight is 547 g/mol. The molecule has 0 saturated carbocycles. The molecule has 0 saturated heterocycles. The lowest BCUT2D eigenvalue weighted by molar-refractivity contribution is 0.0439. The minimum atomic E-state index is -0.419. The Kier molecular flexibility index (Phi) is 9.36. The first kappa shape index (κ1) is 27.0. The van der Waals surface area contributed by atoms with E-state index < -0.39 is 5.97 Å². The van der Waals surface area contributed by atoms with Crippen molar-refractivity contribution in [3.63, 3.8) is 0 Å². The summed E-state index contributed by atoms with van der Waals surface area (Å²) >= 11 is 9.60. The summed E-state index contributed by atoms with van der Waals surface area (Å²) < 4.78 is 16.9. The van der Waals surface area contributed by atoms with Gasteiger partial charge in [0.1, 0.15) is 11.5 Å². The van der Waals surface area contributed by atoms with Crippen LogP contribution < -0.4 is 0 Å². The number of allylic oxidation sites excluding steroid dienone is 2. The van der Waals surface area contributed by atoms with Gasteiger partial charge in [-0.2, -0.15) is 0 Å². The van der Waals surface area contributed by atoms with Gasteiger partial charge in [-0.3, -0.25) is 0 Å². The number of rotatable bonds is 12. The van der Waals surface area contributed by atoms with Gasteiger partial charge in [0.15, 0.2) is 5.09 Å². The smallest absolute Gasteiger partial charge is 0.348 e. The molecule has 4 rings (SSSR count). The van der Waals surface area contributed by atoms with Crippen molar-refractivity contribution in [2.75, 3.05) is 25.6 Å². The first-order valence-corrected chi connectivity index (χ1v) is 14.1. The van der Waals surface area contributed by atoms with Crippen LogP contribution in [0.3, 0.4) is 0 Å². The van der Waals surface area contributed by atoms with Crippen LogP contribution in [0.4, 0.5) is 0 Å². The molecule has 1 aliphatic carbocycles. The van der Waals surface area contributed by atoms with E-state index in [2.05, 4.69) is 50.3 Å². The maximum absolute atomic E-state index is 11.9. The Labute approximate surface area is 225 Å². The summed E-state index contributed by atoms with van der Waals surface area (Å²) in [7, 11) is 0. The molecular formula is C28H31ClO5S2. The van der Waals surface area contributed by atoms with Gasteiger partial charge in [0.05, 0.1) is 26.1 Å². The van der Waals surface area contributed by atoms with Crippen LogP contribution in [0.5, 0.6) is 0 Å². The third-order valence-corrected chi connectivity index (χ3v) is 9.00. The Morgan fingerprint density at radius 1 is 1.22 bits per heavy atom. The van der Waals surface area contributed by atoms with Gasteiger partial charge < -0.3 is 19.0 Å². The summed E-state index contributed by atoms with van der Waals surface area (Å²) in [5.74, 6) is 0.910. The van der Waals surface area contributed by atoms with Crippen LogP contribution >= 0.6 is 34.7 Å². The van der Waals surface area contributed by atoms with Crippen LogP contribution in [0, 0.1) is 11.8 Å². The minimum Gasteiger partial charge on any atom is -0.459 e. The molecule has 0 amide bonds. The SMILES string of the molecule is CC(C)(c1ccccc1)c1coc(SC[C@H]2C(Cl)=CC[C@@H]2COCc2ccc(C(=O)OCCO)s2)c1. The number of hydrogen-bond donors (Lipinski definition) is 1. The third-order valence-electron chi connectivity index (χ3n) is 6.50. The van der Waals surface area contributed by atoms with Crippen molar-refractivity contribution in [2.24, 2.45) is 11.8 Å². The van der Waals surface area contributed by atoms with Gasteiger partial charge in [0.2, 0.25) is 0 Å². The molecule has 0 bridgehead atoms. The molecule has 3 aromatic rings. The van der Waals surface area contributed by atoms with E-state index in [-0.39, 0.29) is 24.5 Å². The highest BCUT2D eigenvalue weighted by Gasteiger charge is 2.30. The molecule has 192 valence electrons. The molecule has 0 spiro atoms. The Hall–Kier alpha value is -2.03. The highest BCUT2D eigenvalue weighted by atomic mass is 35.5. The summed E-state index contributed by atoms with van der Waals surface area (Å²) in [6.45, 7) is 5.26. The molecule has 1 aromatic carbocycles. The van der Waals surface area contributed by atoms with E-state index in [1.807, 2.05) is 18.4 Å². The van der Waals surface area contributed by atoms with Gasteiger partial charge >= 0.3 is 5.97 Å². The van der Waals surface area contributed by atoms with E-state index in [0.717, 1.165) is 32.7 Å². The van der Waals surface area contributed by atoms with Crippen molar-refractivity contribution < 1.29 is 23.8 Å². The number of thiophene rings is 1. The van der Waals surface area contributed by atoms with Crippen LogP contribution in [0.25, 0.3) is 0 Å². The first-order chi connectivity index (χ1) is 17.4. The maximum atomic E-state index is 11.9. The monoisotopic (exact) mass is 546 g/mol. The standard InChI is InChI=1S/C28H31ClO5S2/c1-28(2,20-6-4-3-5-7-20)21-14-26(34-16-21)35-18-23-19(8-10-24(23)29)15-32-17-22-9-11-25(36-22)27(31)33-13-12-30/h3-7,9-11,14,16,19,23,30H,8,12-13,15,17-18H2,1-2H3/t19-,23-/m1/s1. The maximum Gasteiger partial charge on any atom is 0.348 e. The second-order valence-corrected chi connectivity index (χ2v) is 11.9. The number of aliphatic hydroxyl groups is 1. The lowest BCUT2D eigenvalue weighted by atomic mass is 9.79. The minimum absolute atomic E-state index is 0.00150. The number of carbonyl (C=O) groups excluding carboxylic acids is 1. The number of esters is 1. The fourth-order valence-corrected chi connectivity index (χ4v) is 6.60. The number of furan rings is 1. The van der Waals surface area contributed by atoms with Crippen molar-refractivity contribution in [1.82, 2.24) is 0 Å². The topological polar surface area (TPSA) is 68.9 Å². The number of halogens is 1. The van der Waals surface area contributed by atoms with Crippen molar-refractivity contribution in [3.8, 4) is 0 Å². The summed E-state index contributed by atoms with van der Waals surface area (Å²) in [4.78, 5) is 13.4. The molecule has 8 heteroatoms. The zero-order valence-corrected chi connectivity index (χ0v) is 22.8. The van der Waals surface area contributed by atoms with E-state index in [9.17, 15) is 4.79 Å². The molecule has 1 aliphatic rings. The second-order valence-electron chi connectivity index (χ2n) is 9.29. The van der Waals surface area contributed by atoms with Crippen LogP contribution in [0.2, 0.25) is 0 Å². The number of benzene rings is 1. The molecule has 0 fully saturated rings. The summed E-state index contributed by atoms with van der Waals surface area (Å²) in [6.07, 6.45) is 4.84. The number of thioether (sulfide) groups is 1. The van der Waals surface area contributed by atoms with Gasteiger partial charge in [-0.05, 0) is 36.1 Å². The molecule has 1 N–H and O–H groups in total. The molecule has 2 aromatic heterocycles. The third kappa shape index (κ3) is 6.64. The second kappa shape index (κ2) is 12.5. The molecule has 0 aliphatic heterocycles. The Morgan fingerprint density at radius 3 is 2.81 bits per heavy atom. The van der Waals surface area contributed by atoms with Crippen LogP contribution in [0.15, 0.2) is 75.4 Å². The number of carbonyl (C=O) groups is 1. The van der Waals surface area contributed by atoms with Crippen LogP contribution in [-0.4, -0.2) is 36.6 Å². The molecule has 5 nitrogen and oxygen atoms in total. The normalized spacial score (nSPS) is 17.8. The predicted molar refractivity (Wildman–Crippen MR) is 145 cm³/mol. The molecule has 0 unspecified atom stereocenters. The average Bonchev–Trinajstić information content (AvgIpc) is 3.63. The summed E-state index contributed by atoms with van der Waals surface area (Å²) in [6, 6.07) is 16.2. The van der Waals surface area contributed by atoms with E-state index in [1.165, 1.54) is 16.9 Å². The molecule has 36 heavy (non-hydrogen) atoms. The van der Waals surface area contributed by atoms with Crippen molar-refractivity contribution in [1.29, 1.82) is 0 Å². The highest BCUT2D eigenvalue weighted by Crippen LogP contribution is 2.40. The fraction of sp³-hybridized carbons (Fsp3) is 0.393. The lowest BCUT2D eigenvalue weighted by Gasteiger charge is -2.23. The Bertz CT molecular complexity index is 1170. The first-order valence-electron chi connectivity index (χ1n) is 12.0. The van der Waals surface area contributed by atoms with Crippen molar-refractivity contribution in [2.45, 2.75) is 37.4 Å². The van der Waals surface area contributed by atoms with Crippen molar-refractivity contribution >= 4 is 40.7 Å². The largest absolute Gasteiger partial charge is 0.459 e. The van der Waals surface area contributed by atoms with E-state index in [4.69, 9.17) is 30.6 Å².